The van der Waals surface area contributed by atoms with Gasteiger partial charge in [-0.25, -0.2) is 9.59 Å². The SMILES string of the molecule is COc1cc(NC(=O)c2cccs2)c(C(=O)OCC(=O)NC(=O)NC(C)C)cc1OC. The molecule has 0 bridgehead atoms. The molecule has 0 aliphatic carbocycles. The number of anilines is 1. The van der Waals surface area contributed by atoms with E-state index in [4.69, 9.17) is 14.2 Å². The summed E-state index contributed by atoms with van der Waals surface area (Å²) in [6.07, 6.45) is 0. The number of ether oxygens (including phenoxy) is 3. The lowest BCUT2D eigenvalue weighted by atomic mass is 10.1. The highest BCUT2D eigenvalue weighted by atomic mass is 32.1. The number of thiophene rings is 1. The second-order valence-electron chi connectivity index (χ2n) is 6.44. The highest BCUT2D eigenvalue weighted by Gasteiger charge is 2.21. The molecular formula is C20H23N3O7S. The van der Waals surface area contributed by atoms with Crippen molar-refractivity contribution in [2.75, 3.05) is 26.1 Å². The summed E-state index contributed by atoms with van der Waals surface area (Å²) in [5.74, 6) is -1.63. The molecule has 10 nitrogen and oxygen atoms in total. The van der Waals surface area contributed by atoms with Crippen molar-refractivity contribution in [1.29, 1.82) is 0 Å². The maximum Gasteiger partial charge on any atom is 0.340 e. The molecule has 0 saturated heterocycles. The van der Waals surface area contributed by atoms with Gasteiger partial charge in [-0.15, -0.1) is 11.3 Å². The van der Waals surface area contributed by atoms with Crippen LogP contribution in [0.25, 0.3) is 0 Å². The van der Waals surface area contributed by atoms with E-state index in [0.29, 0.717) is 4.88 Å². The number of esters is 1. The molecule has 1 heterocycles. The summed E-state index contributed by atoms with van der Waals surface area (Å²) in [7, 11) is 2.80. The molecule has 0 aliphatic heterocycles. The highest BCUT2D eigenvalue weighted by molar-refractivity contribution is 7.12. The Balaban J connectivity index is 2.18. The topological polar surface area (TPSA) is 132 Å². The van der Waals surface area contributed by atoms with Gasteiger partial charge < -0.3 is 24.8 Å². The Hall–Kier alpha value is -3.60. The predicted molar refractivity (Wildman–Crippen MR) is 114 cm³/mol. The van der Waals surface area contributed by atoms with Gasteiger partial charge in [0.05, 0.1) is 30.3 Å². The average molecular weight is 449 g/mol. The van der Waals surface area contributed by atoms with Gasteiger partial charge >= 0.3 is 12.0 Å². The second kappa shape index (κ2) is 11.0. The lowest BCUT2D eigenvalue weighted by Gasteiger charge is -2.15. The quantitative estimate of drug-likeness (QED) is 0.527. The van der Waals surface area contributed by atoms with Crippen LogP contribution >= 0.6 is 11.3 Å². The van der Waals surface area contributed by atoms with Gasteiger partial charge in [0.25, 0.3) is 11.8 Å². The number of carbonyl (C=O) groups is 4. The van der Waals surface area contributed by atoms with Gasteiger partial charge in [0.2, 0.25) is 0 Å². The Morgan fingerprint density at radius 1 is 1.06 bits per heavy atom. The van der Waals surface area contributed by atoms with E-state index in [-0.39, 0.29) is 28.8 Å². The summed E-state index contributed by atoms with van der Waals surface area (Å²) in [5, 5.41) is 8.90. The van der Waals surface area contributed by atoms with Gasteiger partial charge in [0.15, 0.2) is 18.1 Å². The minimum absolute atomic E-state index is 0.0537. The minimum atomic E-state index is -0.901. The van der Waals surface area contributed by atoms with Gasteiger partial charge in [-0.05, 0) is 25.3 Å². The Kier molecular flexibility index (Phi) is 8.38. The molecule has 11 heteroatoms. The largest absolute Gasteiger partial charge is 0.493 e. The van der Waals surface area contributed by atoms with E-state index in [1.807, 2.05) is 5.32 Å². The van der Waals surface area contributed by atoms with E-state index < -0.39 is 30.4 Å². The van der Waals surface area contributed by atoms with Gasteiger partial charge in [0, 0.05) is 18.2 Å². The Bertz CT molecular complexity index is 958. The van der Waals surface area contributed by atoms with Crippen LogP contribution in [-0.2, 0) is 9.53 Å². The number of hydrogen-bond acceptors (Lipinski definition) is 8. The highest BCUT2D eigenvalue weighted by Crippen LogP contribution is 2.34. The van der Waals surface area contributed by atoms with Crippen LogP contribution in [0, 0.1) is 0 Å². The number of amides is 4. The molecule has 0 unspecified atom stereocenters. The zero-order valence-corrected chi connectivity index (χ0v) is 18.3. The maximum absolute atomic E-state index is 12.6. The van der Waals surface area contributed by atoms with E-state index in [0.717, 1.165) is 0 Å². The Morgan fingerprint density at radius 2 is 1.74 bits per heavy atom. The van der Waals surface area contributed by atoms with Crippen molar-refractivity contribution in [2.24, 2.45) is 0 Å². The van der Waals surface area contributed by atoms with Crippen molar-refractivity contribution in [2.45, 2.75) is 19.9 Å². The monoisotopic (exact) mass is 449 g/mol. The zero-order chi connectivity index (χ0) is 23.0. The van der Waals surface area contributed by atoms with Crippen LogP contribution in [-0.4, -0.2) is 50.7 Å². The Labute approximate surface area is 182 Å². The summed E-state index contributed by atoms with van der Waals surface area (Å²) in [6.45, 7) is 2.76. The van der Waals surface area contributed by atoms with Gasteiger partial charge in [0.1, 0.15) is 0 Å². The molecular weight excluding hydrogens is 426 g/mol. The molecule has 2 aromatic rings. The molecule has 0 saturated carbocycles. The fraction of sp³-hybridized carbons (Fsp3) is 0.300. The number of imide groups is 1. The normalized spacial score (nSPS) is 10.2. The Morgan fingerprint density at radius 3 is 2.32 bits per heavy atom. The minimum Gasteiger partial charge on any atom is -0.493 e. The van der Waals surface area contributed by atoms with Crippen LogP contribution in [0.15, 0.2) is 29.6 Å². The van der Waals surface area contributed by atoms with Gasteiger partial charge in [-0.3, -0.25) is 14.9 Å². The van der Waals surface area contributed by atoms with Crippen LogP contribution in [0.4, 0.5) is 10.5 Å². The molecule has 0 atom stereocenters. The zero-order valence-electron chi connectivity index (χ0n) is 17.4. The first-order valence-electron chi connectivity index (χ1n) is 9.13. The van der Waals surface area contributed by atoms with Gasteiger partial charge in [-0.2, -0.15) is 0 Å². The molecule has 1 aromatic heterocycles. The van der Waals surface area contributed by atoms with Crippen LogP contribution in [0.1, 0.15) is 33.9 Å². The molecule has 1 aromatic carbocycles. The molecule has 0 aliphatic rings. The van der Waals surface area contributed by atoms with Crippen molar-refractivity contribution in [3.05, 3.63) is 40.1 Å². The van der Waals surface area contributed by atoms with Crippen molar-refractivity contribution in [3.8, 4) is 11.5 Å². The van der Waals surface area contributed by atoms with Crippen LogP contribution in [0.2, 0.25) is 0 Å². The molecule has 4 amide bonds. The summed E-state index contributed by atoms with van der Waals surface area (Å²) < 4.78 is 15.4. The fourth-order valence-corrected chi connectivity index (χ4v) is 3.03. The van der Waals surface area contributed by atoms with E-state index in [1.165, 1.54) is 37.7 Å². The number of methoxy groups -OCH3 is 2. The van der Waals surface area contributed by atoms with Crippen LogP contribution < -0.4 is 25.4 Å². The summed E-state index contributed by atoms with van der Waals surface area (Å²) in [5.41, 5.74) is 0.0565. The molecule has 166 valence electrons. The third-order valence-electron chi connectivity index (χ3n) is 3.74. The van der Waals surface area contributed by atoms with E-state index in [9.17, 15) is 19.2 Å². The number of rotatable bonds is 8. The average Bonchev–Trinajstić information content (AvgIpc) is 3.26. The van der Waals surface area contributed by atoms with Crippen molar-refractivity contribution >= 4 is 40.8 Å². The third-order valence-corrected chi connectivity index (χ3v) is 4.61. The first-order chi connectivity index (χ1) is 14.7. The molecule has 0 spiro atoms. The maximum atomic E-state index is 12.6. The number of urea groups is 1. The van der Waals surface area contributed by atoms with Gasteiger partial charge in [-0.1, -0.05) is 6.07 Å². The van der Waals surface area contributed by atoms with Crippen molar-refractivity contribution in [1.82, 2.24) is 10.6 Å². The fourth-order valence-electron chi connectivity index (χ4n) is 2.41. The number of benzene rings is 1. The number of hydrogen-bond donors (Lipinski definition) is 3. The third kappa shape index (κ3) is 6.71. The smallest absolute Gasteiger partial charge is 0.340 e. The lowest BCUT2D eigenvalue weighted by molar-refractivity contribution is -0.123. The predicted octanol–water partition coefficient (Wildman–Crippen LogP) is 2.41. The molecule has 31 heavy (non-hydrogen) atoms. The van der Waals surface area contributed by atoms with Crippen molar-refractivity contribution in [3.63, 3.8) is 0 Å². The second-order valence-corrected chi connectivity index (χ2v) is 7.38. The molecule has 3 N–H and O–H groups in total. The number of carbonyl (C=O) groups excluding carboxylic acids is 4. The molecule has 2 rings (SSSR count). The first kappa shape index (κ1) is 23.7. The molecule has 0 fully saturated rings. The van der Waals surface area contributed by atoms with Crippen LogP contribution in [0.3, 0.4) is 0 Å². The van der Waals surface area contributed by atoms with Crippen molar-refractivity contribution < 1.29 is 33.4 Å². The van der Waals surface area contributed by atoms with E-state index in [1.54, 1.807) is 31.4 Å². The van der Waals surface area contributed by atoms with Crippen LogP contribution in [0.5, 0.6) is 11.5 Å². The summed E-state index contributed by atoms with van der Waals surface area (Å²) >= 11 is 1.23. The first-order valence-corrected chi connectivity index (χ1v) is 10.0. The standard InChI is InChI=1S/C20H23N3O7S/c1-11(2)21-20(27)23-17(24)10-30-19(26)12-8-14(28-3)15(29-4)9-13(12)22-18(25)16-6-5-7-31-16/h5-9,11H,10H2,1-4H3,(H,22,25)(H2,21,23,24,27). The van der Waals surface area contributed by atoms with E-state index >= 15 is 0 Å². The molecule has 0 radical (unpaired) electrons. The number of nitrogens with one attached hydrogen (secondary N) is 3. The summed E-state index contributed by atoms with van der Waals surface area (Å²) in [6, 6.07) is 5.22. The summed E-state index contributed by atoms with van der Waals surface area (Å²) in [4.78, 5) is 48.9. The lowest BCUT2D eigenvalue weighted by Crippen LogP contribution is -2.44. The van der Waals surface area contributed by atoms with E-state index in [2.05, 4.69) is 10.6 Å².